The molecule has 0 bridgehead atoms. The van der Waals surface area contributed by atoms with Crippen molar-refractivity contribution in [2.75, 3.05) is 20.1 Å². The Balaban J connectivity index is 1.88. The van der Waals surface area contributed by atoms with Crippen molar-refractivity contribution in [3.05, 3.63) is 51.6 Å². The van der Waals surface area contributed by atoms with E-state index in [4.69, 9.17) is 4.98 Å². The number of thiophene rings is 1. The molecular weight excluding hydrogens is 361 g/mol. The summed E-state index contributed by atoms with van der Waals surface area (Å²) in [5.74, 6) is 0.627. The minimum Gasteiger partial charge on any atom is -0.306 e. The lowest BCUT2D eigenvalue weighted by molar-refractivity contribution is 0.215. The number of nitrogens with zero attached hydrogens (tertiary/aromatic N) is 3. The molecule has 142 valence electrons. The summed E-state index contributed by atoms with van der Waals surface area (Å²) in [6, 6.07) is 6.54. The standard InChI is InChI=1S/C21H24FN3OS/c1-3-4-18-23-20-19(17(13-27-20)14-5-7-15(22)8-6-14)21(26)25(18)16-9-11-24(2)12-10-16/h5-8,13,16H,3-4,9-12H2,1-2H3. The fourth-order valence-corrected chi connectivity index (χ4v) is 4.87. The number of halogens is 1. The summed E-state index contributed by atoms with van der Waals surface area (Å²) in [4.78, 5) is 21.5. The highest BCUT2D eigenvalue weighted by molar-refractivity contribution is 7.17. The van der Waals surface area contributed by atoms with Gasteiger partial charge in [0, 0.05) is 23.4 Å². The van der Waals surface area contributed by atoms with Gasteiger partial charge in [-0.1, -0.05) is 19.1 Å². The number of piperidine rings is 1. The predicted octanol–water partition coefficient (Wildman–Crippen LogP) is 4.48. The summed E-state index contributed by atoms with van der Waals surface area (Å²) in [5, 5.41) is 2.64. The molecule has 1 aliphatic heterocycles. The lowest BCUT2D eigenvalue weighted by atomic mass is 10.0. The van der Waals surface area contributed by atoms with Gasteiger partial charge in [-0.25, -0.2) is 9.37 Å². The quantitative estimate of drug-likeness (QED) is 0.664. The first-order valence-corrected chi connectivity index (χ1v) is 10.4. The summed E-state index contributed by atoms with van der Waals surface area (Å²) in [6.45, 7) is 4.11. The van der Waals surface area contributed by atoms with Crippen molar-refractivity contribution in [1.29, 1.82) is 0 Å². The van der Waals surface area contributed by atoms with Gasteiger partial charge in [-0.3, -0.25) is 9.36 Å². The summed E-state index contributed by atoms with van der Waals surface area (Å²) >= 11 is 1.50. The lowest BCUT2D eigenvalue weighted by Gasteiger charge is -2.31. The molecule has 4 rings (SSSR count). The molecule has 1 aliphatic rings. The first-order valence-electron chi connectivity index (χ1n) is 9.55. The molecule has 0 atom stereocenters. The van der Waals surface area contributed by atoms with Crippen LogP contribution in [0.1, 0.15) is 38.1 Å². The fraction of sp³-hybridized carbons (Fsp3) is 0.429. The van der Waals surface area contributed by atoms with Crippen LogP contribution < -0.4 is 5.56 Å². The summed E-state index contributed by atoms with van der Waals surface area (Å²) < 4.78 is 15.3. The van der Waals surface area contributed by atoms with Gasteiger partial charge in [0.05, 0.1) is 5.39 Å². The average Bonchev–Trinajstić information content (AvgIpc) is 3.08. The van der Waals surface area contributed by atoms with Gasteiger partial charge in [-0.05, 0) is 57.1 Å². The number of likely N-dealkylation sites (tertiary alicyclic amines) is 1. The second-order valence-corrected chi connectivity index (χ2v) is 8.18. The largest absolute Gasteiger partial charge is 0.306 e. The summed E-state index contributed by atoms with van der Waals surface area (Å²) in [7, 11) is 2.12. The zero-order valence-electron chi connectivity index (χ0n) is 15.7. The minimum absolute atomic E-state index is 0.0542. The maximum atomic E-state index is 13.6. The molecule has 3 heterocycles. The Morgan fingerprint density at radius 2 is 1.93 bits per heavy atom. The smallest absolute Gasteiger partial charge is 0.263 e. The van der Waals surface area contributed by atoms with Gasteiger partial charge in [0.2, 0.25) is 0 Å². The van der Waals surface area contributed by atoms with E-state index in [1.54, 1.807) is 12.1 Å². The van der Waals surface area contributed by atoms with E-state index in [1.165, 1.54) is 23.5 Å². The highest BCUT2D eigenvalue weighted by atomic mass is 32.1. The monoisotopic (exact) mass is 385 g/mol. The lowest BCUT2D eigenvalue weighted by Crippen LogP contribution is -2.37. The molecule has 27 heavy (non-hydrogen) atoms. The van der Waals surface area contributed by atoms with Crippen molar-refractivity contribution in [3.8, 4) is 11.1 Å². The first kappa shape index (κ1) is 18.3. The molecule has 0 unspecified atom stereocenters. The van der Waals surface area contributed by atoms with Crippen LogP contribution in [-0.2, 0) is 6.42 Å². The van der Waals surface area contributed by atoms with E-state index in [9.17, 15) is 9.18 Å². The number of benzene rings is 1. The van der Waals surface area contributed by atoms with Crippen LogP contribution in [0.2, 0.25) is 0 Å². The van der Waals surface area contributed by atoms with Crippen molar-refractivity contribution < 1.29 is 4.39 Å². The van der Waals surface area contributed by atoms with E-state index in [2.05, 4.69) is 18.9 Å². The maximum absolute atomic E-state index is 13.6. The van der Waals surface area contributed by atoms with Gasteiger partial charge in [0.1, 0.15) is 16.5 Å². The van der Waals surface area contributed by atoms with Gasteiger partial charge in [-0.15, -0.1) is 11.3 Å². The number of hydrogen-bond donors (Lipinski definition) is 0. The Kier molecular flexibility index (Phi) is 5.10. The normalized spacial score (nSPS) is 16.3. The van der Waals surface area contributed by atoms with Crippen molar-refractivity contribution in [3.63, 3.8) is 0 Å². The number of rotatable bonds is 4. The molecule has 1 fully saturated rings. The molecule has 1 saturated heterocycles. The van der Waals surface area contributed by atoms with E-state index in [1.807, 2.05) is 9.95 Å². The molecule has 6 heteroatoms. The number of aryl methyl sites for hydroxylation is 1. The second kappa shape index (κ2) is 7.52. The Bertz CT molecular complexity index is 1000. The van der Waals surface area contributed by atoms with Crippen LogP contribution in [0, 0.1) is 5.82 Å². The van der Waals surface area contributed by atoms with Gasteiger partial charge in [-0.2, -0.15) is 0 Å². The third-order valence-electron chi connectivity index (χ3n) is 5.40. The maximum Gasteiger partial charge on any atom is 0.263 e. The first-order chi connectivity index (χ1) is 13.1. The van der Waals surface area contributed by atoms with Crippen LogP contribution in [0.4, 0.5) is 4.39 Å². The zero-order chi connectivity index (χ0) is 19.0. The molecule has 0 saturated carbocycles. The topological polar surface area (TPSA) is 38.1 Å². The molecular formula is C21H24FN3OS. The number of fused-ring (bicyclic) bond motifs is 1. The summed E-state index contributed by atoms with van der Waals surface area (Å²) in [6.07, 6.45) is 3.70. The third-order valence-corrected chi connectivity index (χ3v) is 6.27. The van der Waals surface area contributed by atoms with Crippen molar-refractivity contribution in [1.82, 2.24) is 14.5 Å². The Hall–Kier alpha value is -2.05. The molecule has 0 amide bonds. The molecule has 2 aromatic heterocycles. The minimum atomic E-state index is -0.273. The van der Waals surface area contributed by atoms with Crippen LogP contribution in [0.5, 0.6) is 0 Å². The molecule has 0 N–H and O–H groups in total. The molecule has 0 radical (unpaired) electrons. The number of aromatic nitrogens is 2. The van der Waals surface area contributed by atoms with E-state index in [0.717, 1.165) is 60.6 Å². The highest BCUT2D eigenvalue weighted by Gasteiger charge is 2.24. The molecule has 1 aromatic carbocycles. The highest BCUT2D eigenvalue weighted by Crippen LogP contribution is 2.32. The van der Waals surface area contributed by atoms with Crippen molar-refractivity contribution in [2.45, 2.75) is 38.6 Å². The third kappa shape index (κ3) is 3.44. The predicted molar refractivity (Wildman–Crippen MR) is 109 cm³/mol. The molecule has 0 spiro atoms. The zero-order valence-corrected chi connectivity index (χ0v) is 16.6. The second-order valence-electron chi connectivity index (χ2n) is 7.32. The molecule has 4 nitrogen and oxygen atoms in total. The molecule has 0 aliphatic carbocycles. The Labute approximate surface area is 162 Å². The van der Waals surface area contributed by atoms with Crippen LogP contribution in [-0.4, -0.2) is 34.6 Å². The van der Waals surface area contributed by atoms with Crippen LogP contribution in [0.3, 0.4) is 0 Å². The SMILES string of the molecule is CCCc1nc2scc(-c3ccc(F)cc3)c2c(=O)n1C1CCN(C)CC1. The molecule has 3 aromatic rings. The van der Waals surface area contributed by atoms with E-state index in [-0.39, 0.29) is 17.4 Å². The Morgan fingerprint density at radius 3 is 2.59 bits per heavy atom. The van der Waals surface area contributed by atoms with Crippen molar-refractivity contribution >= 4 is 21.6 Å². The van der Waals surface area contributed by atoms with E-state index >= 15 is 0 Å². The average molecular weight is 386 g/mol. The van der Waals surface area contributed by atoms with Gasteiger partial charge in [0.15, 0.2) is 0 Å². The van der Waals surface area contributed by atoms with Crippen LogP contribution >= 0.6 is 11.3 Å². The van der Waals surface area contributed by atoms with E-state index in [0.29, 0.717) is 5.39 Å². The Morgan fingerprint density at radius 1 is 1.22 bits per heavy atom. The van der Waals surface area contributed by atoms with Gasteiger partial charge in [0.25, 0.3) is 5.56 Å². The summed E-state index contributed by atoms with van der Waals surface area (Å²) in [5.41, 5.74) is 1.77. The van der Waals surface area contributed by atoms with Crippen LogP contribution in [0.15, 0.2) is 34.4 Å². The van der Waals surface area contributed by atoms with Gasteiger partial charge >= 0.3 is 0 Å². The fourth-order valence-electron chi connectivity index (χ4n) is 3.92. The van der Waals surface area contributed by atoms with Crippen LogP contribution in [0.25, 0.3) is 21.3 Å². The van der Waals surface area contributed by atoms with E-state index < -0.39 is 0 Å². The van der Waals surface area contributed by atoms with Crippen molar-refractivity contribution in [2.24, 2.45) is 0 Å². The number of hydrogen-bond acceptors (Lipinski definition) is 4. The van der Waals surface area contributed by atoms with Gasteiger partial charge < -0.3 is 4.90 Å².